The van der Waals surface area contributed by atoms with Gasteiger partial charge in [-0.05, 0) is 25.0 Å². The molecular weight excluding hydrogens is 356 g/mol. The minimum atomic E-state index is -0.816. The van der Waals surface area contributed by atoms with Crippen molar-refractivity contribution in [2.24, 2.45) is 0 Å². The van der Waals surface area contributed by atoms with E-state index >= 15 is 0 Å². The topological polar surface area (TPSA) is 61.8 Å². The molecule has 0 amide bonds. The van der Waals surface area contributed by atoms with E-state index in [1.165, 1.54) is 13.2 Å². The van der Waals surface area contributed by atoms with Crippen LogP contribution in [0.2, 0.25) is 0 Å². The van der Waals surface area contributed by atoms with Crippen LogP contribution in [0.4, 0.5) is 0 Å². The predicted octanol–water partition coefficient (Wildman–Crippen LogP) is 4.05. The molecule has 5 nitrogen and oxygen atoms in total. The van der Waals surface area contributed by atoms with Gasteiger partial charge < -0.3 is 14.2 Å². The summed E-state index contributed by atoms with van der Waals surface area (Å²) in [5, 5.41) is 0. The van der Waals surface area contributed by atoms with Gasteiger partial charge in [0.25, 0.3) is 0 Å². The number of carbonyl (C=O) groups excluding carboxylic acids is 2. The number of ether oxygens (including phenoxy) is 3. The summed E-state index contributed by atoms with van der Waals surface area (Å²) >= 11 is 0. The summed E-state index contributed by atoms with van der Waals surface area (Å²) in [6.07, 6.45) is 1.94. The van der Waals surface area contributed by atoms with Crippen molar-refractivity contribution in [3.8, 4) is 5.75 Å². The van der Waals surface area contributed by atoms with Crippen molar-refractivity contribution in [2.75, 3.05) is 13.7 Å². The standard InChI is InChI=1S/C23H24O5/c1-16(14-20(24)26-3)18-10-7-11-19-21(18)27-13-12-23(19,2)22(25)28-15-17-8-5-4-6-9-17/h4-11,14H,12-13,15H2,1-3H3/b16-14-/t23-/m0/s1. The van der Waals surface area contributed by atoms with Crippen molar-refractivity contribution in [3.63, 3.8) is 0 Å². The maximum atomic E-state index is 13.0. The zero-order valence-corrected chi connectivity index (χ0v) is 16.4. The minimum Gasteiger partial charge on any atom is -0.493 e. The van der Waals surface area contributed by atoms with E-state index in [1.54, 1.807) is 0 Å². The van der Waals surface area contributed by atoms with Crippen LogP contribution in [-0.2, 0) is 31.1 Å². The van der Waals surface area contributed by atoms with Crippen LogP contribution in [0.5, 0.6) is 5.75 Å². The molecule has 28 heavy (non-hydrogen) atoms. The Morgan fingerprint density at radius 3 is 2.61 bits per heavy atom. The maximum absolute atomic E-state index is 13.0. The van der Waals surface area contributed by atoms with Crippen LogP contribution < -0.4 is 4.74 Å². The fourth-order valence-corrected chi connectivity index (χ4v) is 3.34. The molecule has 1 aliphatic heterocycles. The molecule has 0 aromatic heterocycles. The number of carbonyl (C=O) groups is 2. The van der Waals surface area contributed by atoms with Crippen molar-refractivity contribution in [1.29, 1.82) is 0 Å². The first-order chi connectivity index (χ1) is 13.5. The molecule has 2 aromatic carbocycles. The average Bonchev–Trinajstić information content (AvgIpc) is 2.72. The summed E-state index contributed by atoms with van der Waals surface area (Å²) in [5.41, 5.74) is 2.38. The summed E-state index contributed by atoms with van der Waals surface area (Å²) in [7, 11) is 1.34. The van der Waals surface area contributed by atoms with Crippen molar-refractivity contribution in [1.82, 2.24) is 0 Å². The Morgan fingerprint density at radius 1 is 1.14 bits per heavy atom. The van der Waals surface area contributed by atoms with Crippen LogP contribution in [-0.4, -0.2) is 25.7 Å². The minimum absolute atomic E-state index is 0.229. The monoisotopic (exact) mass is 380 g/mol. The maximum Gasteiger partial charge on any atom is 0.330 e. The van der Waals surface area contributed by atoms with Gasteiger partial charge in [0.2, 0.25) is 0 Å². The lowest BCUT2D eigenvalue weighted by molar-refractivity contribution is -0.152. The van der Waals surface area contributed by atoms with Crippen LogP contribution in [0.3, 0.4) is 0 Å². The summed E-state index contributed by atoms with van der Waals surface area (Å²) < 4.78 is 16.2. The third-order valence-corrected chi connectivity index (χ3v) is 5.08. The molecule has 0 radical (unpaired) electrons. The number of benzene rings is 2. The Bertz CT molecular complexity index is 900. The second kappa shape index (κ2) is 8.30. The van der Waals surface area contributed by atoms with Gasteiger partial charge in [0.1, 0.15) is 12.4 Å². The molecule has 0 N–H and O–H groups in total. The lowest BCUT2D eigenvalue weighted by Gasteiger charge is -2.34. The van der Waals surface area contributed by atoms with Gasteiger partial charge in [-0.15, -0.1) is 0 Å². The lowest BCUT2D eigenvalue weighted by atomic mass is 9.76. The molecule has 5 heteroatoms. The zero-order chi connectivity index (χ0) is 20.1. The van der Waals surface area contributed by atoms with Crippen LogP contribution in [0.25, 0.3) is 5.57 Å². The fraction of sp³-hybridized carbons (Fsp3) is 0.304. The number of para-hydroxylation sites is 1. The van der Waals surface area contributed by atoms with Gasteiger partial charge in [0, 0.05) is 23.6 Å². The highest BCUT2D eigenvalue weighted by Crippen LogP contribution is 2.43. The molecular formula is C23H24O5. The van der Waals surface area contributed by atoms with Crippen molar-refractivity contribution in [3.05, 3.63) is 71.3 Å². The number of rotatable bonds is 5. The predicted molar refractivity (Wildman–Crippen MR) is 106 cm³/mol. The van der Waals surface area contributed by atoms with Crippen LogP contribution in [0.1, 0.15) is 37.0 Å². The Labute approximate surface area is 164 Å². The second-order valence-corrected chi connectivity index (χ2v) is 7.03. The van der Waals surface area contributed by atoms with Gasteiger partial charge in [0.05, 0.1) is 19.1 Å². The van der Waals surface area contributed by atoms with Gasteiger partial charge in [0.15, 0.2) is 0 Å². The average molecular weight is 380 g/mol. The molecule has 0 saturated carbocycles. The quantitative estimate of drug-likeness (QED) is 0.579. The number of methoxy groups -OCH3 is 1. The largest absolute Gasteiger partial charge is 0.493 e. The Balaban J connectivity index is 1.90. The van der Waals surface area contributed by atoms with E-state index < -0.39 is 11.4 Å². The summed E-state index contributed by atoms with van der Waals surface area (Å²) in [4.78, 5) is 24.6. The number of fused-ring (bicyclic) bond motifs is 1. The van der Waals surface area contributed by atoms with Gasteiger partial charge in [-0.25, -0.2) is 4.79 Å². The first-order valence-corrected chi connectivity index (χ1v) is 9.20. The van der Waals surface area contributed by atoms with E-state index in [-0.39, 0.29) is 12.6 Å². The first-order valence-electron chi connectivity index (χ1n) is 9.20. The highest BCUT2D eigenvalue weighted by atomic mass is 16.5. The molecule has 0 aliphatic carbocycles. The number of hydrogen-bond acceptors (Lipinski definition) is 5. The van der Waals surface area contributed by atoms with Crippen molar-refractivity contribution in [2.45, 2.75) is 32.3 Å². The van der Waals surface area contributed by atoms with Crippen molar-refractivity contribution < 1.29 is 23.8 Å². The van der Waals surface area contributed by atoms with Gasteiger partial charge in [-0.3, -0.25) is 4.79 Å². The highest BCUT2D eigenvalue weighted by Gasteiger charge is 2.42. The number of allylic oxidation sites excluding steroid dienone is 1. The Morgan fingerprint density at radius 2 is 1.89 bits per heavy atom. The summed E-state index contributed by atoms with van der Waals surface area (Å²) in [5.74, 6) is -0.103. The van der Waals surface area contributed by atoms with E-state index in [0.29, 0.717) is 24.4 Å². The molecule has 0 bridgehead atoms. The summed E-state index contributed by atoms with van der Waals surface area (Å²) in [6.45, 7) is 4.32. The van der Waals surface area contributed by atoms with E-state index in [0.717, 1.165) is 16.7 Å². The SMILES string of the molecule is COC(=O)/C=C(/C)c1cccc2c1OCC[C@]2(C)C(=O)OCc1ccccc1. The molecule has 146 valence electrons. The van der Waals surface area contributed by atoms with E-state index in [4.69, 9.17) is 14.2 Å². The number of esters is 2. The molecule has 0 saturated heterocycles. The first kappa shape index (κ1) is 19.7. The third-order valence-electron chi connectivity index (χ3n) is 5.08. The summed E-state index contributed by atoms with van der Waals surface area (Å²) in [6, 6.07) is 15.2. The molecule has 0 unspecified atom stereocenters. The number of hydrogen-bond donors (Lipinski definition) is 0. The van der Waals surface area contributed by atoms with Crippen molar-refractivity contribution >= 4 is 17.5 Å². The molecule has 0 spiro atoms. The van der Waals surface area contributed by atoms with E-state index in [9.17, 15) is 9.59 Å². The third kappa shape index (κ3) is 3.93. The Kier molecular flexibility index (Phi) is 5.83. The van der Waals surface area contributed by atoms with Gasteiger partial charge >= 0.3 is 11.9 Å². The fourth-order valence-electron chi connectivity index (χ4n) is 3.34. The van der Waals surface area contributed by atoms with Gasteiger partial charge in [-0.1, -0.05) is 48.5 Å². The Hall–Kier alpha value is -3.08. The van der Waals surface area contributed by atoms with Gasteiger partial charge in [-0.2, -0.15) is 0 Å². The molecule has 1 aliphatic rings. The normalized spacial score (nSPS) is 18.6. The molecule has 1 atom stereocenters. The van der Waals surface area contributed by atoms with Crippen LogP contribution in [0, 0.1) is 0 Å². The molecule has 1 heterocycles. The van der Waals surface area contributed by atoms with E-state index in [1.807, 2.05) is 62.4 Å². The van der Waals surface area contributed by atoms with E-state index in [2.05, 4.69) is 0 Å². The molecule has 2 aromatic rings. The smallest absolute Gasteiger partial charge is 0.330 e. The zero-order valence-electron chi connectivity index (χ0n) is 16.4. The highest BCUT2D eigenvalue weighted by molar-refractivity contribution is 5.92. The molecule has 3 rings (SSSR count). The van der Waals surface area contributed by atoms with Crippen LogP contribution >= 0.6 is 0 Å². The van der Waals surface area contributed by atoms with Crippen LogP contribution in [0.15, 0.2) is 54.6 Å². The second-order valence-electron chi connectivity index (χ2n) is 7.03. The lowest BCUT2D eigenvalue weighted by Crippen LogP contribution is -2.39. The molecule has 0 fully saturated rings.